The summed E-state index contributed by atoms with van der Waals surface area (Å²) in [6.07, 6.45) is 10.9. The number of carbonyl (C=O) groups excluding carboxylic acids is 2. The Bertz CT molecular complexity index is 1620. The van der Waals surface area contributed by atoms with Gasteiger partial charge in [0.05, 0.1) is 39.8 Å². The summed E-state index contributed by atoms with van der Waals surface area (Å²) in [7, 11) is 0.0780. The molecule has 2 amide bonds. The number of likely N-dealkylation sites (tertiary alicyclic amines) is 1. The SMILES string of the molecule is Cc1ncc(C(=O)NC[C@H]2CCCN2CCO[Si](C)(C)C(C)(C)C)cc1NC(=O)c1cnn2cc(-c3cnn(C)c3)sc12. The minimum atomic E-state index is -1.79. The average molecular weight is 623 g/mol. The number of aromatic nitrogens is 5. The predicted octanol–water partition coefficient (Wildman–Crippen LogP) is 4.97. The lowest BCUT2D eigenvalue weighted by molar-refractivity contribution is 0.0936. The predicted molar refractivity (Wildman–Crippen MR) is 172 cm³/mol. The smallest absolute Gasteiger partial charge is 0.260 e. The molecule has 1 fully saturated rings. The molecule has 1 aliphatic rings. The van der Waals surface area contributed by atoms with Crippen LogP contribution in [0.2, 0.25) is 18.1 Å². The molecule has 230 valence electrons. The second-order valence-electron chi connectivity index (χ2n) is 12.8. The van der Waals surface area contributed by atoms with Crippen LogP contribution in [0.4, 0.5) is 5.69 Å². The van der Waals surface area contributed by atoms with Gasteiger partial charge >= 0.3 is 0 Å². The average Bonchev–Trinajstić information content (AvgIpc) is 3.72. The third-order valence-corrected chi connectivity index (χ3v) is 14.4. The summed E-state index contributed by atoms with van der Waals surface area (Å²) in [6, 6.07) is 1.96. The molecule has 4 aromatic rings. The van der Waals surface area contributed by atoms with Crippen LogP contribution in [0, 0.1) is 6.92 Å². The number of carbonyl (C=O) groups is 2. The molecule has 0 radical (unpaired) electrons. The van der Waals surface area contributed by atoms with Crippen molar-refractivity contribution >= 4 is 42.0 Å². The third-order valence-electron chi connectivity index (χ3n) is 8.67. The van der Waals surface area contributed by atoms with E-state index in [1.807, 2.05) is 19.4 Å². The van der Waals surface area contributed by atoms with E-state index in [9.17, 15) is 9.59 Å². The molecule has 0 saturated carbocycles. The van der Waals surface area contributed by atoms with Gasteiger partial charge in [0.15, 0.2) is 8.32 Å². The summed E-state index contributed by atoms with van der Waals surface area (Å²) < 4.78 is 9.82. The summed E-state index contributed by atoms with van der Waals surface area (Å²) in [4.78, 5) is 34.9. The molecule has 1 atom stereocenters. The number of anilines is 1. The lowest BCUT2D eigenvalue weighted by atomic mass is 10.2. The van der Waals surface area contributed by atoms with E-state index in [4.69, 9.17) is 4.43 Å². The zero-order valence-corrected chi connectivity index (χ0v) is 27.9. The first-order valence-electron chi connectivity index (χ1n) is 14.7. The molecular weight excluding hydrogens is 581 g/mol. The molecule has 1 aliphatic heterocycles. The van der Waals surface area contributed by atoms with Gasteiger partial charge < -0.3 is 15.1 Å². The maximum absolute atomic E-state index is 13.3. The molecule has 5 rings (SSSR count). The van der Waals surface area contributed by atoms with Crippen LogP contribution in [0.25, 0.3) is 15.3 Å². The van der Waals surface area contributed by atoms with E-state index in [0.717, 1.165) is 41.2 Å². The lowest BCUT2D eigenvalue weighted by Crippen LogP contribution is -2.45. The summed E-state index contributed by atoms with van der Waals surface area (Å²) >= 11 is 1.47. The number of amides is 2. The van der Waals surface area contributed by atoms with Crippen LogP contribution in [-0.2, 0) is 11.5 Å². The topological polar surface area (TPSA) is 119 Å². The van der Waals surface area contributed by atoms with Gasteiger partial charge in [-0.25, -0.2) is 4.52 Å². The fraction of sp³-hybridized carbons (Fsp3) is 0.500. The van der Waals surface area contributed by atoms with Gasteiger partial charge in [0.25, 0.3) is 11.8 Å². The molecule has 13 heteroatoms. The van der Waals surface area contributed by atoms with Crippen LogP contribution in [-0.4, -0.2) is 81.7 Å². The van der Waals surface area contributed by atoms with Crippen molar-refractivity contribution in [3.05, 3.63) is 53.9 Å². The van der Waals surface area contributed by atoms with Crippen molar-refractivity contribution in [2.75, 3.05) is 31.6 Å². The summed E-state index contributed by atoms with van der Waals surface area (Å²) in [6.45, 7) is 16.3. The highest BCUT2D eigenvalue weighted by molar-refractivity contribution is 7.21. The molecule has 0 spiro atoms. The van der Waals surface area contributed by atoms with Crippen LogP contribution in [0.3, 0.4) is 0 Å². The lowest BCUT2D eigenvalue weighted by Gasteiger charge is -2.37. The molecule has 11 nitrogen and oxygen atoms in total. The highest BCUT2D eigenvalue weighted by Crippen LogP contribution is 2.36. The van der Waals surface area contributed by atoms with Gasteiger partial charge in [0.2, 0.25) is 0 Å². The van der Waals surface area contributed by atoms with E-state index >= 15 is 0 Å². The van der Waals surface area contributed by atoms with Gasteiger partial charge in [-0.2, -0.15) is 10.2 Å². The first-order chi connectivity index (χ1) is 20.3. The van der Waals surface area contributed by atoms with Gasteiger partial charge in [-0.15, -0.1) is 11.3 Å². The molecule has 1 saturated heterocycles. The van der Waals surface area contributed by atoms with E-state index in [0.29, 0.717) is 35.7 Å². The van der Waals surface area contributed by atoms with Crippen molar-refractivity contribution in [3.8, 4) is 10.4 Å². The number of fused-ring (bicyclic) bond motifs is 1. The Balaban J connectivity index is 1.19. The van der Waals surface area contributed by atoms with Crippen molar-refractivity contribution < 1.29 is 14.0 Å². The fourth-order valence-electron chi connectivity index (χ4n) is 4.97. The first-order valence-corrected chi connectivity index (χ1v) is 18.5. The summed E-state index contributed by atoms with van der Waals surface area (Å²) in [5.41, 5.74) is 2.93. The van der Waals surface area contributed by atoms with Crippen molar-refractivity contribution in [2.45, 2.75) is 64.7 Å². The largest absolute Gasteiger partial charge is 0.416 e. The zero-order valence-electron chi connectivity index (χ0n) is 26.1. The maximum Gasteiger partial charge on any atom is 0.260 e. The highest BCUT2D eigenvalue weighted by atomic mass is 32.1. The molecule has 5 heterocycles. The Labute approximate surface area is 257 Å². The molecular formula is C30H42N8O3SSi. The van der Waals surface area contributed by atoms with Crippen LogP contribution in [0.1, 0.15) is 60.0 Å². The molecule has 43 heavy (non-hydrogen) atoms. The monoisotopic (exact) mass is 622 g/mol. The normalized spacial score (nSPS) is 16.2. The first kappa shape index (κ1) is 31.0. The number of rotatable bonds is 10. The Kier molecular flexibility index (Phi) is 8.89. The van der Waals surface area contributed by atoms with Crippen molar-refractivity contribution in [2.24, 2.45) is 7.05 Å². The molecule has 2 N–H and O–H groups in total. The Hall–Kier alpha value is -3.39. The van der Waals surface area contributed by atoms with Gasteiger partial charge in [-0.05, 0) is 50.5 Å². The number of aryl methyl sites for hydroxylation is 2. The van der Waals surface area contributed by atoms with Gasteiger partial charge in [0, 0.05) is 56.9 Å². The fourth-order valence-corrected chi connectivity index (χ4v) is 7.03. The van der Waals surface area contributed by atoms with E-state index in [1.165, 1.54) is 11.3 Å². The summed E-state index contributed by atoms with van der Waals surface area (Å²) in [5.74, 6) is -0.516. The second-order valence-corrected chi connectivity index (χ2v) is 18.6. The maximum atomic E-state index is 13.3. The van der Waals surface area contributed by atoms with Gasteiger partial charge in [-0.3, -0.25) is 24.2 Å². The molecule has 0 bridgehead atoms. The van der Waals surface area contributed by atoms with E-state index < -0.39 is 8.32 Å². The Morgan fingerprint density at radius 2 is 1.93 bits per heavy atom. The third kappa shape index (κ3) is 6.90. The van der Waals surface area contributed by atoms with Crippen LogP contribution in [0.5, 0.6) is 0 Å². The Morgan fingerprint density at radius 1 is 1.14 bits per heavy atom. The minimum Gasteiger partial charge on any atom is -0.416 e. The number of nitrogens with one attached hydrogen (secondary N) is 2. The quantitative estimate of drug-likeness (QED) is 0.240. The van der Waals surface area contributed by atoms with Crippen molar-refractivity contribution in [3.63, 3.8) is 0 Å². The van der Waals surface area contributed by atoms with E-state index in [1.54, 1.807) is 40.8 Å². The van der Waals surface area contributed by atoms with Crippen LogP contribution >= 0.6 is 11.3 Å². The molecule has 0 aliphatic carbocycles. The van der Waals surface area contributed by atoms with Gasteiger partial charge in [0.1, 0.15) is 4.83 Å². The minimum absolute atomic E-state index is 0.185. The number of hydrogen-bond acceptors (Lipinski definition) is 8. The number of thiazole rings is 1. The zero-order chi connectivity index (χ0) is 30.9. The second kappa shape index (κ2) is 12.3. The molecule has 0 unspecified atom stereocenters. The van der Waals surface area contributed by atoms with Gasteiger partial charge in [-0.1, -0.05) is 20.8 Å². The number of nitrogens with zero attached hydrogens (tertiary/aromatic N) is 6. The van der Waals surface area contributed by atoms with E-state index in [-0.39, 0.29) is 22.9 Å². The number of hydrogen-bond donors (Lipinski definition) is 2. The molecule has 4 aromatic heterocycles. The molecule has 0 aromatic carbocycles. The van der Waals surface area contributed by atoms with E-state index in [2.05, 4.69) is 64.6 Å². The summed E-state index contributed by atoms with van der Waals surface area (Å²) in [5, 5.41) is 14.8. The van der Waals surface area contributed by atoms with Crippen LogP contribution in [0.15, 0.2) is 37.1 Å². The number of pyridine rings is 1. The van der Waals surface area contributed by atoms with Crippen molar-refractivity contribution in [1.29, 1.82) is 0 Å². The Morgan fingerprint density at radius 3 is 2.65 bits per heavy atom. The highest BCUT2D eigenvalue weighted by Gasteiger charge is 2.37. The van der Waals surface area contributed by atoms with Crippen molar-refractivity contribution in [1.82, 2.24) is 34.6 Å². The standard InChI is InChI=1S/C30H42N8O3SSi/c1-20-25(35-28(40)24-17-34-38-19-26(42-29(24)38)22-15-33-36(5)18-22)13-21(14-31-20)27(39)32-16-23-9-8-10-37(23)11-12-41-43(6,7)30(2,3)4/h13-15,17-19,23H,8-12,16H2,1-7H3,(H,32,39)(H,35,40)/t23-/m1/s1. The van der Waals surface area contributed by atoms with Crippen LogP contribution < -0.4 is 10.6 Å².